The number of pyridine rings is 1. The third-order valence-electron chi connectivity index (χ3n) is 3.44. The molecule has 7 heteroatoms. The number of ether oxygens (including phenoxy) is 3. The van der Waals surface area contributed by atoms with E-state index in [1.165, 1.54) is 0 Å². The van der Waals surface area contributed by atoms with Crippen molar-refractivity contribution in [3.8, 4) is 5.75 Å². The monoisotopic (exact) mass is 311 g/mol. The first-order valence-corrected chi connectivity index (χ1v) is 7.11. The Morgan fingerprint density at radius 1 is 1.29 bits per heavy atom. The maximum absolute atomic E-state index is 6.12. The number of halogens is 1. The highest BCUT2D eigenvalue weighted by Gasteiger charge is 2.38. The van der Waals surface area contributed by atoms with E-state index in [1.807, 2.05) is 27.8 Å². The molecular weight excluding hydrogens is 294 g/mol. The first kappa shape index (κ1) is 14.6. The summed E-state index contributed by atoms with van der Waals surface area (Å²) in [5.41, 5.74) is 0.0993. The molecule has 0 unspecified atom stereocenters. The van der Waals surface area contributed by atoms with Gasteiger partial charge < -0.3 is 14.2 Å². The number of hydrogen-bond donors (Lipinski definition) is 0. The van der Waals surface area contributed by atoms with Gasteiger partial charge in [0.25, 0.3) is 0 Å². The highest BCUT2D eigenvalue weighted by atomic mass is 35.5. The Morgan fingerprint density at radius 3 is 2.62 bits per heavy atom. The fourth-order valence-corrected chi connectivity index (χ4v) is 2.38. The summed E-state index contributed by atoms with van der Waals surface area (Å²) in [5.74, 6) is 0.0510. The molecule has 0 N–H and O–H groups in total. The van der Waals surface area contributed by atoms with Crippen LogP contribution in [-0.4, -0.2) is 39.4 Å². The van der Waals surface area contributed by atoms with Crippen molar-refractivity contribution in [2.75, 3.05) is 13.2 Å². The molecule has 2 aromatic rings. The lowest BCUT2D eigenvalue weighted by Crippen LogP contribution is -2.52. The number of rotatable bonds is 2. The zero-order valence-corrected chi connectivity index (χ0v) is 13.3. The van der Waals surface area contributed by atoms with Crippen LogP contribution in [0.5, 0.6) is 5.75 Å². The molecule has 3 heterocycles. The van der Waals surface area contributed by atoms with Crippen molar-refractivity contribution < 1.29 is 14.2 Å². The number of aromatic nitrogens is 3. The third kappa shape index (κ3) is 2.84. The lowest BCUT2D eigenvalue weighted by atomic mass is 10.1. The molecule has 0 aliphatic carbocycles. The number of fused-ring (bicyclic) bond motifs is 1. The van der Waals surface area contributed by atoms with Gasteiger partial charge in [0.15, 0.2) is 17.0 Å². The van der Waals surface area contributed by atoms with Crippen LogP contribution in [-0.2, 0) is 16.5 Å². The van der Waals surface area contributed by atoms with E-state index in [-0.39, 0.29) is 0 Å². The topological polar surface area (TPSA) is 58.4 Å². The van der Waals surface area contributed by atoms with Crippen molar-refractivity contribution in [3.63, 3.8) is 0 Å². The summed E-state index contributed by atoms with van der Waals surface area (Å²) in [4.78, 5) is 4.26. The molecule has 2 aromatic heterocycles. The van der Waals surface area contributed by atoms with Crippen LogP contribution in [0, 0.1) is 0 Å². The molecule has 114 valence electrons. The standard InChI is InChI=1S/C14H18ClN3O3/c1-13(2)19-7-14(3,8-20-13)21-10-5-11(15)17-12-9(10)6-16-18(12)4/h5-6H,7-8H2,1-4H3. The molecular formula is C14H18ClN3O3. The summed E-state index contributed by atoms with van der Waals surface area (Å²) >= 11 is 6.07. The van der Waals surface area contributed by atoms with E-state index >= 15 is 0 Å². The Hall–Kier alpha value is -1.37. The van der Waals surface area contributed by atoms with Crippen LogP contribution in [0.2, 0.25) is 5.15 Å². The van der Waals surface area contributed by atoms with Gasteiger partial charge in [-0.15, -0.1) is 0 Å². The number of nitrogens with zero attached hydrogens (tertiary/aromatic N) is 3. The summed E-state index contributed by atoms with van der Waals surface area (Å²) in [6, 6.07) is 1.69. The Labute approximate surface area is 127 Å². The van der Waals surface area contributed by atoms with E-state index in [1.54, 1.807) is 16.9 Å². The van der Waals surface area contributed by atoms with Crippen molar-refractivity contribution in [2.45, 2.75) is 32.2 Å². The fourth-order valence-electron chi connectivity index (χ4n) is 2.20. The first-order chi connectivity index (χ1) is 9.78. The van der Waals surface area contributed by atoms with Crippen LogP contribution in [0.15, 0.2) is 12.3 Å². The van der Waals surface area contributed by atoms with Gasteiger partial charge in [-0.1, -0.05) is 11.6 Å². The van der Waals surface area contributed by atoms with E-state index < -0.39 is 11.4 Å². The molecule has 1 fully saturated rings. The largest absolute Gasteiger partial charge is 0.482 e. The lowest BCUT2D eigenvalue weighted by Gasteiger charge is -2.41. The van der Waals surface area contributed by atoms with Gasteiger partial charge >= 0.3 is 0 Å². The summed E-state index contributed by atoms with van der Waals surface area (Å²) in [5, 5.41) is 5.37. The summed E-state index contributed by atoms with van der Waals surface area (Å²) in [6.07, 6.45) is 1.71. The van der Waals surface area contributed by atoms with E-state index in [4.69, 9.17) is 25.8 Å². The third-order valence-corrected chi connectivity index (χ3v) is 3.64. The zero-order chi connectivity index (χ0) is 15.3. The van der Waals surface area contributed by atoms with Gasteiger partial charge in [-0.25, -0.2) is 4.98 Å². The molecule has 21 heavy (non-hydrogen) atoms. The Balaban J connectivity index is 1.91. The van der Waals surface area contributed by atoms with Gasteiger partial charge in [0, 0.05) is 13.1 Å². The van der Waals surface area contributed by atoms with Crippen LogP contribution in [0.1, 0.15) is 20.8 Å². The molecule has 1 aliphatic heterocycles. The molecule has 0 bridgehead atoms. The molecule has 6 nitrogen and oxygen atoms in total. The van der Waals surface area contributed by atoms with Crippen molar-refractivity contribution in [1.29, 1.82) is 0 Å². The highest BCUT2D eigenvalue weighted by molar-refractivity contribution is 6.30. The van der Waals surface area contributed by atoms with Gasteiger partial charge in [-0.2, -0.15) is 5.10 Å². The van der Waals surface area contributed by atoms with Gasteiger partial charge in [0.1, 0.15) is 10.9 Å². The molecule has 0 aromatic carbocycles. The molecule has 0 amide bonds. The minimum Gasteiger partial charge on any atom is -0.482 e. The van der Waals surface area contributed by atoms with Crippen LogP contribution in [0.4, 0.5) is 0 Å². The predicted molar refractivity (Wildman–Crippen MR) is 78.5 cm³/mol. The minimum absolute atomic E-state index is 0.364. The van der Waals surface area contributed by atoms with Crippen molar-refractivity contribution in [1.82, 2.24) is 14.8 Å². The second kappa shape index (κ2) is 4.83. The van der Waals surface area contributed by atoms with Gasteiger partial charge in [-0.3, -0.25) is 4.68 Å². The van der Waals surface area contributed by atoms with Crippen LogP contribution >= 0.6 is 11.6 Å². The Morgan fingerprint density at radius 2 is 1.95 bits per heavy atom. The quantitative estimate of drug-likeness (QED) is 0.798. The van der Waals surface area contributed by atoms with E-state index in [0.717, 1.165) is 5.39 Å². The van der Waals surface area contributed by atoms with Crippen LogP contribution in [0.3, 0.4) is 0 Å². The smallest absolute Gasteiger partial charge is 0.163 e. The predicted octanol–water partition coefficient (Wildman–Crippen LogP) is 2.54. The molecule has 0 atom stereocenters. The van der Waals surface area contributed by atoms with Gasteiger partial charge in [0.05, 0.1) is 24.8 Å². The highest BCUT2D eigenvalue weighted by Crippen LogP contribution is 2.33. The molecule has 0 saturated carbocycles. The molecule has 0 spiro atoms. The molecule has 0 radical (unpaired) electrons. The Kier molecular flexibility index (Phi) is 3.35. The van der Waals surface area contributed by atoms with Gasteiger partial charge in [0.2, 0.25) is 0 Å². The molecule has 1 aliphatic rings. The number of hydrogen-bond acceptors (Lipinski definition) is 5. The maximum Gasteiger partial charge on any atom is 0.163 e. The van der Waals surface area contributed by atoms with Gasteiger partial charge in [-0.05, 0) is 20.8 Å². The number of aryl methyl sites for hydroxylation is 1. The second-order valence-electron chi connectivity index (χ2n) is 5.98. The van der Waals surface area contributed by atoms with E-state index in [2.05, 4.69) is 10.1 Å². The fraction of sp³-hybridized carbons (Fsp3) is 0.571. The zero-order valence-electron chi connectivity index (χ0n) is 12.5. The summed E-state index contributed by atoms with van der Waals surface area (Å²) in [6.45, 7) is 6.58. The summed E-state index contributed by atoms with van der Waals surface area (Å²) in [7, 11) is 1.81. The van der Waals surface area contributed by atoms with Crippen LogP contribution < -0.4 is 4.74 Å². The van der Waals surface area contributed by atoms with Crippen LogP contribution in [0.25, 0.3) is 11.0 Å². The normalized spacial score (nSPS) is 20.6. The Bertz CT molecular complexity index is 673. The lowest BCUT2D eigenvalue weighted by molar-refractivity contribution is -0.291. The molecule has 3 rings (SSSR count). The maximum atomic E-state index is 6.12. The first-order valence-electron chi connectivity index (χ1n) is 6.73. The average Bonchev–Trinajstić information content (AvgIpc) is 2.76. The van der Waals surface area contributed by atoms with E-state index in [0.29, 0.717) is 29.8 Å². The molecule has 1 saturated heterocycles. The second-order valence-corrected chi connectivity index (χ2v) is 6.36. The van der Waals surface area contributed by atoms with E-state index in [9.17, 15) is 0 Å². The van der Waals surface area contributed by atoms with Crippen molar-refractivity contribution in [2.24, 2.45) is 7.05 Å². The van der Waals surface area contributed by atoms with Crippen molar-refractivity contribution in [3.05, 3.63) is 17.4 Å². The summed E-state index contributed by atoms with van der Waals surface area (Å²) < 4.78 is 19.1. The SMILES string of the molecule is Cn1ncc2c(OC3(C)COC(C)(C)OC3)cc(Cl)nc21. The minimum atomic E-state index is -0.581. The average molecular weight is 312 g/mol. The van der Waals surface area contributed by atoms with Crippen molar-refractivity contribution >= 4 is 22.6 Å².